The fourth-order valence-corrected chi connectivity index (χ4v) is 4.00. The van der Waals surface area contributed by atoms with Crippen LogP contribution in [0.4, 0.5) is 8.78 Å². The molecule has 7 heteroatoms. The minimum absolute atomic E-state index is 0.00126. The summed E-state index contributed by atoms with van der Waals surface area (Å²) >= 11 is 0. The third-order valence-corrected chi connectivity index (χ3v) is 5.81. The predicted octanol–water partition coefficient (Wildman–Crippen LogP) is 3.84. The molecule has 0 unspecified atom stereocenters. The van der Waals surface area contributed by atoms with Crippen LogP contribution in [0.1, 0.15) is 44.1 Å². The van der Waals surface area contributed by atoms with Crippen LogP contribution >= 0.6 is 0 Å². The lowest BCUT2D eigenvalue weighted by molar-refractivity contribution is -0.131. The Morgan fingerprint density at radius 2 is 1.97 bits per heavy atom. The summed E-state index contributed by atoms with van der Waals surface area (Å²) in [6.07, 6.45) is 6.90. The zero-order valence-corrected chi connectivity index (χ0v) is 16.5. The number of halogens is 2. The molecule has 2 aliphatic carbocycles. The van der Waals surface area contributed by atoms with Crippen molar-refractivity contribution >= 4 is 5.91 Å². The minimum atomic E-state index is -2.93. The number of alkyl halides is 2. The number of rotatable bonds is 9. The summed E-state index contributed by atoms with van der Waals surface area (Å²) in [5.74, 6) is 0.538. The number of hydrogen-bond acceptors (Lipinski definition) is 4. The van der Waals surface area contributed by atoms with Crippen molar-refractivity contribution in [2.45, 2.75) is 63.7 Å². The molecule has 1 aromatic carbocycles. The molecule has 0 bridgehead atoms. The van der Waals surface area contributed by atoms with E-state index in [-0.39, 0.29) is 42.1 Å². The van der Waals surface area contributed by atoms with Gasteiger partial charge in [0.2, 0.25) is 5.91 Å². The van der Waals surface area contributed by atoms with Crippen molar-refractivity contribution < 1.29 is 28.2 Å². The molecule has 5 nitrogen and oxygen atoms in total. The van der Waals surface area contributed by atoms with Crippen molar-refractivity contribution in [3.8, 4) is 11.5 Å². The van der Waals surface area contributed by atoms with Gasteiger partial charge in [0, 0.05) is 18.6 Å². The van der Waals surface area contributed by atoms with Crippen molar-refractivity contribution in [3.05, 3.63) is 36.4 Å². The van der Waals surface area contributed by atoms with Crippen molar-refractivity contribution in [2.75, 3.05) is 6.61 Å². The third kappa shape index (κ3) is 5.92. The van der Waals surface area contributed by atoms with Gasteiger partial charge in [-0.2, -0.15) is 8.78 Å². The number of nitrogens with one attached hydrogen (secondary N) is 1. The van der Waals surface area contributed by atoms with E-state index in [0.717, 1.165) is 31.2 Å². The first-order chi connectivity index (χ1) is 14.0. The van der Waals surface area contributed by atoms with Crippen LogP contribution in [0.15, 0.2) is 30.9 Å². The summed E-state index contributed by atoms with van der Waals surface area (Å²) in [5.41, 5.74) is 0.892. The Morgan fingerprint density at radius 3 is 2.59 bits per heavy atom. The average molecular weight is 409 g/mol. The van der Waals surface area contributed by atoms with E-state index in [2.05, 4.69) is 16.6 Å². The highest BCUT2D eigenvalue weighted by Gasteiger charge is 2.37. The monoisotopic (exact) mass is 409 g/mol. The lowest BCUT2D eigenvalue weighted by Gasteiger charge is -2.36. The van der Waals surface area contributed by atoms with E-state index in [0.29, 0.717) is 25.2 Å². The van der Waals surface area contributed by atoms with Crippen molar-refractivity contribution in [2.24, 2.45) is 11.8 Å². The summed E-state index contributed by atoms with van der Waals surface area (Å²) in [6, 6.07) is 5.04. The van der Waals surface area contributed by atoms with Crippen LogP contribution in [0.5, 0.6) is 11.5 Å². The van der Waals surface area contributed by atoms with Crippen molar-refractivity contribution in [3.63, 3.8) is 0 Å². The average Bonchev–Trinajstić information content (AvgIpc) is 2.66. The second-order valence-corrected chi connectivity index (χ2v) is 7.97. The SMILES string of the molecule is C=CCc1ccc(OC(F)F)c(OC2CC(C(=O)NC3CCC(CO)CC3)C2)c1. The summed E-state index contributed by atoms with van der Waals surface area (Å²) in [4.78, 5) is 12.4. The van der Waals surface area contributed by atoms with Gasteiger partial charge in [-0.25, -0.2) is 0 Å². The van der Waals surface area contributed by atoms with E-state index >= 15 is 0 Å². The van der Waals surface area contributed by atoms with Gasteiger partial charge >= 0.3 is 6.61 Å². The highest BCUT2D eigenvalue weighted by molar-refractivity contribution is 5.80. The van der Waals surface area contributed by atoms with Crippen LogP contribution in [0.25, 0.3) is 0 Å². The van der Waals surface area contributed by atoms with Gasteiger partial charge in [-0.15, -0.1) is 6.58 Å². The van der Waals surface area contributed by atoms with Crippen LogP contribution in [0.3, 0.4) is 0 Å². The van der Waals surface area contributed by atoms with E-state index < -0.39 is 6.61 Å². The molecule has 0 radical (unpaired) electrons. The summed E-state index contributed by atoms with van der Waals surface area (Å²) in [7, 11) is 0. The van der Waals surface area contributed by atoms with Gasteiger partial charge in [0.25, 0.3) is 0 Å². The summed E-state index contributed by atoms with van der Waals surface area (Å²) < 4.78 is 35.7. The highest BCUT2D eigenvalue weighted by Crippen LogP contribution is 2.37. The van der Waals surface area contributed by atoms with Crippen LogP contribution in [0.2, 0.25) is 0 Å². The molecule has 0 saturated heterocycles. The number of benzene rings is 1. The predicted molar refractivity (Wildman–Crippen MR) is 105 cm³/mol. The van der Waals surface area contributed by atoms with Gasteiger partial charge in [-0.1, -0.05) is 12.1 Å². The molecule has 0 aliphatic heterocycles. The van der Waals surface area contributed by atoms with Crippen LogP contribution in [0, 0.1) is 11.8 Å². The van der Waals surface area contributed by atoms with Gasteiger partial charge in [-0.3, -0.25) is 4.79 Å². The van der Waals surface area contributed by atoms with E-state index in [1.54, 1.807) is 18.2 Å². The molecular formula is C22H29F2NO4. The van der Waals surface area contributed by atoms with E-state index in [9.17, 15) is 18.7 Å². The summed E-state index contributed by atoms with van der Waals surface area (Å²) in [6.45, 7) is 0.970. The molecule has 29 heavy (non-hydrogen) atoms. The smallest absolute Gasteiger partial charge is 0.387 e. The van der Waals surface area contributed by atoms with Gasteiger partial charge in [-0.05, 0) is 68.6 Å². The molecule has 2 saturated carbocycles. The number of aliphatic hydroxyl groups excluding tert-OH is 1. The Kier molecular flexibility index (Phi) is 7.47. The van der Waals surface area contributed by atoms with Crippen LogP contribution in [-0.4, -0.2) is 36.4 Å². The zero-order valence-electron chi connectivity index (χ0n) is 16.5. The first-order valence-electron chi connectivity index (χ1n) is 10.2. The van der Waals surface area contributed by atoms with Crippen molar-refractivity contribution in [1.82, 2.24) is 5.32 Å². The number of carbonyl (C=O) groups excluding carboxylic acids is 1. The molecule has 2 N–H and O–H groups in total. The normalized spacial score (nSPS) is 26.5. The van der Waals surface area contributed by atoms with Crippen molar-refractivity contribution in [1.29, 1.82) is 0 Å². The zero-order chi connectivity index (χ0) is 20.8. The maximum atomic E-state index is 12.7. The number of allylic oxidation sites excluding steroid dienone is 1. The summed E-state index contributed by atoms with van der Waals surface area (Å²) in [5, 5.41) is 12.3. The molecule has 2 aliphatic rings. The molecule has 0 atom stereocenters. The second kappa shape index (κ2) is 10.1. The molecule has 0 heterocycles. The van der Waals surface area contributed by atoms with E-state index in [1.165, 1.54) is 6.07 Å². The Hall–Kier alpha value is -2.15. The number of hydrogen-bond donors (Lipinski definition) is 2. The third-order valence-electron chi connectivity index (χ3n) is 5.81. The van der Waals surface area contributed by atoms with E-state index in [4.69, 9.17) is 4.74 Å². The number of ether oxygens (including phenoxy) is 2. The quantitative estimate of drug-likeness (QED) is 0.608. The lowest BCUT2D eigenvalue weighted by atomic mass is 9.80. The number of amides is 1. The molecular weight excluding hydrogens is 380 g/mol. The maximum Gasteiger partial charge on any atom is 0.387 e. The van der Waals surface area contributed by atoms with Gasteiger partial charge in [0.15, 0.2) is 11.5 Å². The van der Waals surface area contributed by atoms with Gasteiger partial charge < -0.3 is 19.9 Å². The topological polar surface area (TPSA) is 67.8 Å². The van der Waals surface area contributed by atoms with Gasteiger partial charge in [0.1, 0.15) is 6.10 Å². The van der Waals surface area contributed by atoms with Crippen LogP contribution in [-0.2, 0) is 11.2 Å². The largest absolute Gasteiger partial charge is 0.486 e. The van der Waals surface area contributed by atoms with E-state index in [1.807, 2.05) is 0 Å². The van der Waals surface area contributed by atoms with Crippen LogP contribution < -0.4 is 14.8 Å². The second-order valence-electron chi connectivity index (χ2n) is 7.97. The Bertz CT molecular complexity index is 698. The maximum absolute atomic E-state index is 12.7. The molecule has 3 rings (SSSR count). The fraction of sp³-hybridized carbons (Fsp3) is 0.591. The Labute approximate surface area is 170 Å². The first kappa shape index (κ1) is 21.6. The molecule has 1 aromatic rings. The van der Waals surface area contributed by atoms with Gasteiger partial charge in [0.05, 0.1) is 0 Å². The molecule has 2 fully saturated rings. The lowest BCUT2D eigenvalue weighted by Crippen LogP contribution is -2.47. The standard InChI is InChI=1S/C22H29F2NO4/c1-2-3-14-6-9-19(29-22(23)24)20(10-14)28-18-11-16(12-18)21(27)25-17-7-4-15(13-26)5-8-17/h2,6,9-10,15-18,22,26H,1,3-5,7-8,11-13H2,(H,25,27). The highest BCUT2D eigenvalue weighted by atomic mass is 19.3. The Balaban J connectivity index is 1.50. The number of aliphatic hydroxyl groups is 1. The minimum Gasteiger partial charge on any atom is -0.486 e. The number of carbonyl (C=O) groups is 1. The molecule has 160 valence electrons. The molecule has 0 aromatic heterocycles. The Morgan fingerprint density at radius 1 is 1.24 bits per heavy atom. The molecule has 0 spiro atoms. The first-order valence-corrected chi connectivity index (χ1v) is 10.2. The molecule has 1 amide bonds. The fourth-order valence-electron chi connectivity index (χ4n) is 4.00.